The number of carbonyl (C=O) groups is 2. The normalized spacial score (nSPS) is 11.6. The highest BCUT2D eigenvalue weighted by molar-refractivity contribution is 5.93. The van der Waals surface area contributed by atoms with Gasteiger partial charge in [0.15, 0.2) is 11.2 Å². The van der Waals surface area contributed by atoms with Gasteiger partial charge in [0.05, 0.1) is 11.0 Å². The van der Waals surface area contributed by atoms with E-state index in [1.165, 1.54) is 12.6 Å². The molecule has 0 fully saturated rings. The second-order valence-electron chi connectivity index (χ2n) is 6.84. The van der Waals surface area contributed by atoms with Crippen LogP contribution in [0.25, 0.3) is 11.0 Å². The van der Waals surface area contributed by atoms with Crippen molar-refractivity contribution in [3.05, 3.63) is 70.3 Å². The summed E-state index contributed by atoms with van der Waals surface area (Å²) in [4.78, 5) is 32.0. The third-order valence-electron chi connectivity index (χ3n) is 4.88. The molecule has 0 aliphatic rings. The van der Waals surface area contributed by atoms with Gasteiger partial charge in [-0.1, -0.05) is 30.3 Å². The zero-order chi connectivity index (χ0) is 20.8. The van der Waals surface area contributed by atoms with Gasteiger partial charge in [0, 0.05) is 26.7 Å². The average molecular weight is 391 g/mol. The van der Waals surface area contributed by atoms with E-state index < -0.39 is 0 Å². The number of rotatable bonds is 7. The molecular formula is C22H25N5O2. The van der Waals surface area contributed by atoms with Crippen molar-refractivity contribution in [1.82, 2.24) is 20.2 Å². The molecule has 0 radical (unpaired) electrons. The Hall–Kier alpha value is -3.32. The topological polar surface area (TPSA) is 88.4 Å². The summed E-state index contributed by atoms with van der Waals surface area (Å²) in [5, 5.41) is 5.98. The van der Waals surface area contributed by atoms with E-state index in [9.17, 15) is 9.59 Å². The first-order valence-electron chi connectivity index (χ1n) is 9.51. The minimum atomic E-state index is -0.378. The van der Waals surface area contributed by atoms with Crippen LogP contribution in [0, 0.1) is 13.8 Å². The first-order chi connectivity index (χ1) is 14.0. The Kier molecular flexibility index (Phi) is 6.51. The van der Waals surface area contributed by atoms with E-state index in [0.717, 1.165) is 23.2 Å². The molecule has 3 aromatic rings. The Bertz CT molecular complexity index is 1100. The fourth-order valence-electron chi connectivity index (χ4n) is 3.20. The van der Waals surface area contributed by atoms with Gasteiger partial charge in [-0.3, -0.25) is 9.59 Å². The van der Waals surface area contributed by atoms with E-state index in [1.54, 1.807) is 0 Å². The summed E-state index contributed by atoms with van der Waals surface area (Å²) in [6.07, 6.45) is 0.449. The maximum absolute atomic E-state index is 12.4. The third kappa shape index (κ3) is 4.57. The maximum Gasteiger partial charge on any atom is 0.273 e. The van der Waals surface area contributed by atoms with Crippen LogP contribution >= 0.6 is 0 Å². The largest absolute Gasteiger partial charge is 0.354 e. The van der Waals surface area contributed by atoms with Crippen LogP contribution in [-0.2, 0) is 17.9 Å². The predicted molar refractivity (Wildman–Crippen MR) is 112 cm³/mol. The predicted octanol–water partition coefficient (Wildman–Crippen LogP) is 1.86. The zero-order valence-corrected chi connectivity index (χ0v) is 16.9. The summed E-state index contributed by atoms with van der Waals surface area (Å²) in [6.45, 7) is 5.93. The lowest BCUT2D eigenvalue weighted by molar-refractivity contribution is -0.107. The number of benzene rings is 2. The number of aromatic nitrogens is 2. The van der Waals surface area contributed by atoms with E-state index in [1.807, 2.05) is 48.7 Å². The van der Waals surface area contributed by atoms with E-state index in [0.29, 0.717) is 25.0 Å². The summed E-state index contributed by atoms with van der Waals surface area (Å²) < 4.78 is 1.88. The molecule has 0 aliphatic carbocycles. The van der Waals surface area contributed by atoms with Crippen LogP contribution in [0.1, 0.15) is 27.2 Å². The SMILES string of the molecule is CNC(=O)c1nc2cc(C)c(C)cc2n(CCNCc2ccccc2)c1=NC=O. The number of nitrogens with zero attached hydrogens (tertiary/aromatic N) is 3. The highest BCUT2D eigenvalue weighted by atomic mass is 16.2. The van der Waals surface area contributed by atoms with Gasteiger partial charge < -0.3 is 15.2 Å². The fraction of sp³-hybridized carbons (Fsp3) is 0.273. The molecule has 0 saturated heterocycles. The van der Waals surface area contributed by atoms with E-state index in [4.69, 9.17) is 0 Å². The number of amides is 2. The summed E-state index contributed by atoms with van der Waals surface area (Å²) in [6, 6.07) is 14.1. The van der Waals surface area contributed by atoms with Crippen LogP contribution in [0.5, 0.6) is 0 Å². The summed E-state index contributed by atoms with van der Waals surface area (Å²) in [5.41, 5.74) is 5.31. The minimum Gasteiger partial charge on any atom is -0.354 e. The summed E-state index contributed by atoms with van der Waals surface area (Å²) in [5.74, 6) is -0.378. The van der Waals surface area contributed by atoms with Crippen molar-refractivity contribution in [2.24, 2.45) is 4.99 Å². The molecule has 7 heteroatoms. The number of carbonyl (C=O) groups excluding carboxylic acids is 2. The van der Waals surface area contributed by atoms with Crippen LogP contribution in [0.2, 0.25) is 0 Å². The lowest BCUT2D eigenvalue weighted by Crippen LogP contribution is -2.36. The van der Waals surface area contributed by atoms with Gasteiger partial charge in [0.2, 0.25) is 6.41 Å². The molecule has 2 N–H and O–H groups in total. The molecular weight excluding hydrogens is 366 g/mol. The Morgan fingerprint density at radius 2 is 1.90 bits per heavy atom. The molecule has 0 atom stereocenters. The van der Waals surface area contributed by atoms with Crippen LogP contribution in [0.15, 0.2) is 47.5 Å². The van der Waals surface area contributed by atoms with E-state index >= 15 is 0 Å². The molecule has 7 nitrogen and oxygen atoms in total. The fourth-order valence-corrected chi connectivity index (χ4v) is 3.20. The number of fused-ring (bicyclic) bond motifs is 1. The molecule has 0 saturated carbocycles. The maximum atomic E-state index is 12.4. The van der Waals surface area contributed by atoms with Gasteiger partial charge in [0.25, 0.3) is 5.91 Å². The van der Waals surface area contributed by atoms with Crippen LogP contribution in [0.4, 0.5) is 0 Å². The molecule has 29 heavy (non-hydrogen) atoms. The summed E-state index contributed by atoms with van der Waals surface area (Å²) >= 11 is 0. The van der Waals surface area contributed by atoms with Crippen molar-refractivity contribution >= 4 is 23.4 Å². The van der Waals surface area contributed by atoms with Gasteiger partial charge in [-0.2, -0.15) is 4.99 Å². The van der Waals surface area contributed by atoms with Gasteiger partial charge in [-0.25, -0.2) is 4.98 Å². The van der Waals surface area contributed by atoms with Crippen LogP contribution in [0.3, 0.4) is 0 Å². The second-order valence-corrected chi connectivity index (χ2v) is 6.84. The molecule has 0 spiro atoms. The van der Waals surface area contributed by atoms with Crippen molar-refractivity contribution in [3.63, 3.8) is 0 Å². The molecule has 2 aromatic carbocycles. The third-order valence-corrected chi connectivity index (χ3v) is 4.88. The Labute approximate surface area is 169 Å². The van der Waals surface area contributed by atoms with E-state index in [2.05, 4.69) is 32.7 Å². The van der Waals surface area contributed by atoms with Crippen molar-refractivity contribution in [2.45, 2.75) is 26.9 Å². The number of hydrogen-bond acceptors (Lipinski definition) is 4. The molecule has 0 aliphatic heterocycles. The van der Waals surface area contributed by atoms with Gasteiger partial charge in [-0.15, -0.1) is 0 Å². The van der Waals surface area contributed by atoms with E-state index in [-0.39, 0.29) is 17.1 Å². The van der Waals surface area contributed by atoms with Crippen LogP contribution in [-0.4, -0.2) is 35.5 Å². The molecule has 0 bridgehead atoms. The molecule has 0 unspecified atom stereocenters. The smallest absolute Gasteiger partial charge is 0.273 e. The Morgan fingerprint density at radius 3 is 2.59 bits per heavy atom. The van der Waals surface area contributed by atoms with Crippen molar-refractivity contribution in [3.8, 4) is 0 Å². The molecule has 1 aromatic heterocycles. The number of hydrogen-bond donors (Lipinski definition) is 2. The lowest BCUT2D eigenvalue weighted by Gasteiger charge is -2.16. The highest BCUT2D eigenvalue weighted by Crippen LogP contribution is 2.17. The average Bonchev–Trinajstić information content (AvgIpc) is 2.73. The Balaban J connectivity index is 2.02. The van der Waals surface area contributed by atoms with Gasteiger partial charge >= 0.3 is 0 Å². The molecule has 2 amide bonds. The number of aryl methyl sites for hydroxylation is 2. The van der Waals surface area contributed by atoms with Gasteiger partial charge in [-0.05, 0) is 42.7 Å². The zero-order valence-electron chi connectivity index (χ0n) is 16.9. The second kappa shape index (κ2) is 9.25. The molecule has 150 valence electrons. The summed E-state index contributed by atoms with van der Waals surface area (Å²) in [7, 11) is 1.53. The monoisotopic (exact) mass is 391 g/mol. The number of nitrogens with one attached hydrogen (secondary N) is 2. The first-order valence-corrected chi connectivity index (χ1v) is 9.51. The van der Waals surface area contributed by atoms with Crippen molar-refractivity contribution in [2.75, 3.05) is 13.6 Å². The Morgan fingerprint density at radius 1 is 1.17 bits per heavy atom. The lowest BCUT2D eigenvalue weighted by atomic mass is 10.1. The standard InChI is InChI=1S/C22H25N5O2/c1-15-11-18-19(12-16(15)2)27(10-9-24-13-17-7-5-4-6-8-17)21(25-14-28)20(26-18)22(29)23-3/h4-8,11-12,14,24H,9-10,13H2,1-3H3,(H,23,29). The molecule has 3 rings (SSSR count). The minimum absolute atomic E-state index is 0.137. The quantitative estimate of drug-likeness (QED) is 0.475. The van der Waals surface area contributed by atoms with Crippen molar-refractivity contribution in [1.29, 1.82) is 0 Å². The highest BCUT2D eigenvalue weighted by Gasteiger charge is 2.16. The van der Waals surface area contributed by atoms with Crippen molar-refractivity contribution < 1.29 is 9.59 Å². The first kappa shape index (κ1) is 20.4. The molecule has 1 heterocycles. The van der Waals surface area contributed by atoms with Gasteiger partial charge in [0.1, 0.15) is 0 Å². The van der Waals surface area contributed by atoms with Crippen LogP contribution < -0.4 is 16.1 Å².